The Labute approximate surface area is 146 Å². The molecule has 1 saturated heterocycles. The minimum absolute atomic E-state index is 0.0683. The summed E-state index contributed by atoms with van der Waals surface area (Å²) in [5.41, 5.74) is 1.42. The summed E-state index contributed by atoms with van der Waals surface area (Å²) in [6, 6.07) is 5.46. The fraction of sp³-hybridized carbons (Fsp3) is 0.500. The Kier molecular flexibility index (Phi) is 4.29. The Morgan fingerprint density at radius 1 is 1.36 bits per heavy atom. The summed E-state index contributed by atoms with van der Waals surface area (Å²) in [4.78, 5) is 18.9. The summed E-state index contributed by atoms with van der Waals surface area (Å²) in [5, 5.41) is 7.26. The molecule has 1 aliphatic heterocycles. The van der Waals surface area contributed by atoms with Crippen molar-refractivity contribution in [3.63, 3.8) is 0 Å². The summed E-state index contributed by atoms with van der Waals surface area (Å²) in [6.45, 7) is 2.09. The number of hydrogen-bond acceptors (Lipinski definition) is 6. The van der Waals surface area contributed by atoms with Crippen molar-refractivity contribution in [2.45, 2.75) is 38.1 Å². The van der Waals surface area contributed by atoms with Gasteiger partial charge in [-0.25, -0.2) is 0 Å². The summed E-state index contributed by atoms with van der Waals surface area (Å²) >= 11 is 0. The highest BCUT2D eigenvalue weighted by Gasteiger charge is 2.29. The van der Waals surface area contributed by atoms with Gasteiger partial charge in [-0.1, -0.05) is 5.16 Å². The van der Waals surface area contributed by atoms with E-state index in [1.54, 1.807) is 7.11 Å². The van der Waals surface area contributed by atoms with Gasteiger partial charge in [0.25, 0.3) is 5.91 Å². The molecule has 0 bridgehead atoms. The zero-order chi connectivity index (χ0) is 17.2. The molecule has 2 fully saturated rings. The van der Waals surface area contributed by atoms with E-state index in [-0.39, 0.29) is 5.91 Å². The van der Waals surface area contributed by atoms with Crippen molar-refractivity contribution in [2.75, 3.05) is 25.5 Å². The number of likely N-dealkylation sites (tertiary alicyclic amines) is 1. The van der Waals surface area contributed by atoms with E-state index in [9.17, 15) is 4.79 Å². The number of aromatic nitrogens is 2. The van der Waals surface area contributed by atoms with Crippen LogP contribution in [0.1, 0.15) is 53.7 Å². The highest BCUT2D eigenvalue weighted by atomic mass is 16.5. The van der Waals surface area contributed by atoms with Crippen molar-refractivity contribution in [1.29, 1.82) is 0 Å². The van der Waals surface area contributed by atoms with Crippen molar-refractivity contribution in [1.82, 2.24) is 15.0 Å². The monoisotopic (exact) mass is 342 g/mol. The molecule has 2 aromatic rings. The van der Waals surface area contributed by atoms with E-state index >= 15 is 0 Å². The lowest BCUT2D eigenvalue weighted by Gasteiger charge is -2.17. The van der Waals surface area contributed by atoms with E-state index in [0.717, 1.165) is 50.4 Å². The SMILES string of the molecule is COc1ccc(C(=O)N2CCCC2)cc1NCc1noc(C2CC2)n1. The second-order valence-corrected chi connectivity index (χ2v) is 6.59. The first-order valence-corrected chi connectivity index (χ1v) is 8.78. The third-order valence-electron chi connectivity index (χ3n) is 4.69. The predicted octanol–water partition coefficient (Wildman–Crippen LogP) is 2.80. The van der Waals surface area contributed by atoms with Crippen molar-refractivity contribution in [3.05, 3.63) is 35.5 Å². The first kappa shape index (κ1) is 15.9. The number of carbonyl (C=O) groups excluding carboxylic acids is 1. The van der Waals surface area contributed by atoms with Crippen molar-refractivity contribution in [3.8, 4) is 5.75 Å². The van der Waals surface area contributed by atoms with E-state index < -0.39 is 0 Å². The maximum Gasteiger partial charge on any atom is 0.253 e. The zero-order valence-corrected chi connectivity index (χ0v) is 14.3. The van der Waals surface area contributed by atoms with E-state index in [1.165, 1.54) is 0 Å². The number of nitrogens with zero attached hydrogens (tertiary/aromatic N) is 3. The highest BCUT2D eigenvalue weighted by Crippen LogP contribution is 2.38. The second kappa shape index (κ2) is 6.74. The van der Waals surface area contributed by atoms with Crippen LogP contribution in [-0.4, -0.2) is 41.1 Å². The molecular formula is C18H22N4O3. The zero-order valence-electron chi connectivity index (χ0n) is 14.3. The Balaban J connectivity index is 1.48. The number of anilines is 1. The fourth-order valence-electron chi connectivity index (χ4n) is 3.09. The van der Waals surface area contributed by atoms with Gasteiger partial charge in [-0.15, -0.1) is 0 Å². The van der Waals surface area contributed by atoms with Crippen molar-refractivity contribution >= 4 is 11.6 Å². The highest BCUT2D eigenvalue weighted by molar-refractivity contribution is 5.95. The van der Waals surface area contributed by atoms with Crippen LogP contribution in [0, 0.1) is 0 Å². The van der Waals surface area contributed by atoms with Gasteiger partial charge in [0.2, 0.25) is 5.89 Å². The molecule has 1 N–H and O–H groups in total. The predicted molar refractivity (Wildman–Crippen MR) is 91.7 cm³/mol. The molecule has 7 heteroatoms. The lowest BCUT2D eigenvalue weighted by molar-refractivity contribution is 0.0793. The van der Waals surface area contributed by atoms with Crippen LogP contribution in [0.3, 0.4) is 0 Å². The first-order valence-electron chi connectivity index (χ1n) is 8.78. The van der Waals surface area contributed by atoms with E-state index in [2.05, 4.69) is 15.5 Å². The van der Waals surface area contributed by atoms with Gasteiger partial charge in [0.05, 0.1) is 19.3 Å². The van der Waals surface area contributed by atoms with Crippen LogP contribution in [0.5, 0.6) is 5.75 Å². The Morgan fingerprint density at radius 3 is 2.88 bits per heavy atom. The molecule has 2 aliphatic rings. The Hall–Kier alpha value is -2.57. The van der Waals surface area contributed by atoms with Crippen molar-refractivity contribution in [2.24, 2.45) is 0 Å². The molecule has 0 atom stereocenters. The molecule has 0 unspecified atom stereocenters. The number of nitrogens with one attached hydrogen (secondary N) is 1. The topological polar surface area (TPSA) is 80.5 Å². The lowest BCUT2D eigenvalue weighted by Crippen LogP contribution is -2.27. The number of methoxy groups -OCH3 is 1. The Morgan fingerprint density at radius 2 is 2.16 bits per heavy atom. The van der Waals surface area contributed by atoms with Crippen LogP contribution in [0.15, 0.2) is 22.7 Å². The number of hydrogen-bond donors (Lipinski definition) is 1. The molecule has 1 aliphatic carbocycles. The van der Waals surface area contributed by atoms with Gasteiger partial charge in [0.1, 0.15) is 5.75 Å². The molecule has 0 radical (unpaired) electrons. The van der Waals surface area contributed by atoms with Crippen LogP contribution in [0.4, 0.5) is 5.69 Å². The molecule has 1 aromatic carbocycles. The van der Waals surface area contributed by atoms with Gasteiger partial charge >= 0.3 is 0 Å². The van der Waals surface area contributed by atoms with Crippen molar-refractivity contribution < 1.29 is 14.1 Å². The Bertz CT molecular complexity index is 763. The second-order valence-electron chi connectivity index (χ2n) is 6.59. The van der Waals surface area contributed by atoms with Gasteiger partial charge < -0.3 is 19.5 Å². The molecule has 1 aromatic heterocycles. The molecular weight excluding hydrogens is 320 g/mol. The number of rotatable bonds is 6. The van der Waals surface area contributed by atoms with Gasteiger partial charge in [-0.2, -0.15) is 4.98 Å². The fourth-order valence-corrected chi connectivity index (χ4v) is 3.09. The molecule has 1 amide bonds. The van der Waals surface area contributed by atoms with Gasteiger partial charge in [0, 0.05) is 24.6 Å². The van der Waals surface area contributed by atoms with E-state index in [4.69, 9.17) is 9.26 Å². The standard InChI is InChI=1S/C18H22N4O3/c1-24-15-7-6-13(18(23)22-8-2-3-9-22)10-14(15)19-11-16-20-17(25-21-16)12-4-5-12/h6-7,10,12,19H,2-5,8-9,11H2,1H3. The minimum Gasteiger partial charge on any atom is -0.495 e. The number of benzene rings is 1. The molecule has 4 rings (SSSR count). The lowest BCUT2D eigenvalue weighted by atomic mass is 10.1. The largest absolute Gasteiger partial charge is 0.495 e. The quantitative estimate of drug-likeness (QED) is 0.869. The van der Waals surface area contributed by atoms with Gasteiger partial charge in [0.15, 0.2) is 5.82 Å². The van der Waals surface area contributed by atoms with Crippen LogP contribution in [-0.2, 0) is 6.54 Å². The molecule has 7 nitrogen and oxygen atoms in total. The van der Waals surface area contributed by atoms with Crippen LogP contribution < -0.4 is 10.1 Å². The molecule has 2 heterocycles. The minimum atomic E-state index is 0.0683. The summed E-state index contributed by atoms with van der Waals surface area (Å²) < 4.78 is 10.7. The van der Waals surface area contributed by atoms with Crippen LogP contribution in [0.2, 0.25) is 0 Å². The molecule has 1 saturated carbocycles. The van der Waals surface area contributed by atoms with Gasteiger partial charge in [-0.3, -0.25) is 4.79 Å². The third-order valence-corrected chi connectivity index (χ3v) is 4.69. The summed E-state index contributed by atoms with van der Waals surface area (Å²) in [7, 11) is 1.61. The number of ether oxygens (including phenoxy) is 1. The van der Waals surface area contributed by atoms with E-state index in [1.807, 2.05) is 23.1 Å². The summed E-state index contributed by atoms with van der Waals surface area (Å²) in [5.74, 6) is 2.53. The number of amides is 1. The average molecular weight is 342 g/mol. The normalized spacial score (nSPS) is 16.9. The summed E-state index contributed by atoms with van der Waals surface area (Å²) in [6.07, 6.45) is 4.41. The third kappa shape index (κ3) is 3.45. The maximum atomic E-state index is 12.6. The smallest absolute Gasteiger partial charge is 0.253 e. The first-order chi connectivity index (χ1) is 12.2. The van der Waals surface area contributed by atoms with E-state index in [0.29, 0.717) is 29.6 Å². The average Bonchev–Trinajstić information content (AvgIpc) is 3.15. The molecule has 0 spiro atoms. The van der Waals surface area contributed by atoms with Crippen LogP contribution >= 0.6 is 0 Å². The molecule has 25 heavy (non-hydrogen) atoms. The maximum absolute atomic E-state index is 12.6. The number of carbonyl (C=O) groups is 1. The molecule has 132 valence electrons. The van der Waals surface area contributed by atoms with Crippen LogP contribution in [0.25, 0.3) is 0 Å². The van der Waals surface area contributed by atoms with Gasteiger partial charge in [-0.05, 0) is 43.9 Å².